The monoisotopic (exact) mass is 214 g/mol. The van der Waals surface area contributed by atoms with Crippen LogP contribution < -0.4 is 0 Å². The van der Waals surface area contributed by atoms with E-state index in [-0.39, 0.29) is 16.3 Å². The molecule has 0 saturated carbocycles. The number of nitrogens with zero attached hydrogens (tertiary/aromatic N) is 1. The van der Waals surface area contributed by atoms with Crippen LogP contribution in [-0.4, -0.2) is 18.0 Å². The maximum Gasteiger partial charge on any atom is 0.339 e. The van der Waals surface area contributed by atoms with E-state index >= 15 is 0 Å². The zero-order chi connectivity index (χ0) is 10.7. The Labute approximate surface area is 84.4 Å². The van der Waals surface area contributed by atoms with Crippen molar-refractivity contribution in [3.8, 4) is 0 Å². The van der Waals surface area contributed by atoms with Crippen LogP contribution in [0.5, 0.6) is 0 Å². The third-order valence-corrected chi connectivity index (χ3v) is 1.80. The van der Waals surface area contributed by atoms with E-state index in [1.54, 1.807) is 0 Å². The molecule has 0 saturated heterocycles. The van der Waals surface area contributed by atoms with Crippen molar-refractivity contribution in [1.29, 1.82) is 0 Å². The van der Waals surface area contributed by atoms with Gasteiger partial charge in [0.1, 0.15) is 0 Å². The summed E-state index contributed by atoms with van der Waals surface area (Å²) in [5.41, 5.74) is -0.234. The van der Waals surface area contributed by atoms with Crippen LogP contribution in [0.4, 0.5) is 5.69 Å². The second kappa shape index (κ2) is 4.06. The van der Waals surface area contributed by atoms with Crippen LogP contribution in [0.15, 0.2) is 12.1 Å². The molecule has 0 fully saturated rings. The number of nitro benzene ring substituents is 1. The Bertz CT molecular complexity index is 391. The van der Waals surface area contributed by atoms with Gasteiger partial charge in [-0.2, -0.15) is 0 Å². The summed E-state index contributed by atoms with van der Waals surface area (Å²) in [5.74, 6) is -0.652. The van der Waals surface area contributed by atoms with Gasteiger partial charge in [-0.15, -0.1) is 0 Å². The third kappa shape index (κ3) is 2.00. The maximum absolute atomic E-state index is 11.0. The highest BCUT2D eigenvalue weighted by molar-refractivity contribution is 6.33. The molecule has 14 heavy (non-hydrogen) atoms. The fourth-order valence-corrected chi connectivity index (χ4v) is 1.06. The molecule has 1 rings (SSSR count). The van der Waals surface area contributed by atoms with Crippen LogP contribution in [-0.2, 0) is 4.74 Å². The van der Waals surface area contributed by atoms with Gasteiger partial charge in [-0.05, 0) is 6.07 Å². The number of non-ortho nitro benzene ring substituents is 1. The van der Waals surface area contributed by atoms with Crippen molar-refractivity contribution in [3.05, 3.63) is 38.9 Å². The predicted octanol–water partition coefficient (Wildman–Crippen LogP) is 1.83. The van der Waals surface area contributed by atoms with Crippen molar-refractivity contribution >= 4 is 23.3 Å². The minimum Gasteiger partial charge on any atom is -0.465 e. The molecule has 1 aromatic rings. The van der Waals surface area contributed by atoms with Gasteiger partial charge in [0, 0.05) is 6.07 Å². The Kier molecular flexibility index (Phi) is 3.03. The number of hydrogen-bond donors (Lipinski definition) is 0. The largest absolute Gasteiger partial charge is 0.465 e. The molecule has 0 amide bonds. The first-order chi connectivity index (χ1) is 6.56. The molecule has 73 valence electrons. The quantitative estimate of drug-likeness (QED) is 0.428. The van der Waals surface area contributed by atoms with E-state index in [2.05, 4.69) is 10.8 Å². The van der Waals surface area contributed by atoms with Crippen LogP contribution in [0.3, 0.4) is 0 Å². The van der Waals surface area contributed by atoms with Gasteiger partial charge in [0.2, 0.25) is 0 Å². The summed E-state index contributed by atoms with van der Waals surface area (Å²) in [6, 6.07) is 4.49. The highest BCUT2D eigenvalue weighted by atomic mass is 35.5. The van der Waals surface area contributed by atoms with Gasteiger partial charge >= 0.3 is 5.97 Å². The smallest absolute Gasteiger partial charge is 0.339 e. The number of halogens is 1. The second-order valence-corrected chi connectivity index (χ2v) is 2.74. The zero-order valence-electron chi connectivity index (χ0n) is 7.11. The Morgan fingerprint density at radius 1 is 1.71 bits per heavy atom. The van der Waals surface area contributed by atoms with E-state index in [0.29, 0.717) is 0 Å². The lowest BCUT2D eigenvalue weighted by molar-refractivity contribution is -0.385. The molecule has 0 N–H and O–H groups in total. The van der Waals surface area contributed by atoms with Gasteiger partial charge < -0.3 is 4.74 Å². The van der Waals surface area contributed by atoms with E-state index in [1.807, 2.05) is 0 Å². The van der Waals surface area contributed by atoms with Crippen molar-refractivity contribution in [1.82, 2.24) is 0 Å². The SMILES string of the molecule is COC(=O)c1c[c]c([N+](=O)[O-])cc1Cl. The maximum atomic E-state index is 11.0. The Hall–Kier alpha value is -1.62. The summed E-state index contributed by atoms with van der Waals surface area (Å²) in [7, 11) is 1.19. The number of nitro groups is 1. The number of rotatable bonds is 2. The Balaban J connectivity index is 3.14. The molecular formula is C8H5ClNO4. The van der Waals surface area contributed by atoms with Gasteiger partial charge in [-0.25, -0.2) is 4.79 Å². The zero-order valence-corrected chi connectivity index (χ0v) is 7.87. The average molecular weight is 215 g/mol. The molecule has 0 aliphatic rings. The van der Waals surface area contributed by atoms with E-state index in [9.17, 15) is 14.9 Å². The Morgan fingerprint density at radius 3 is 2.79 bits per heavy atom. The van der Waals surface area contributed by atoms with Crippen LogP contribution in [0, 0.1) is 16.2 Å². The number of hydrogen-bond acceptors (Lipinski definition) is 4. The fourth-order valence-electron chi connectivity index (χ4n) is 0.826. The minimum atomic E-state index is -0.652. The molecular weight excluding hydrogens is 210 g/mol. The fraction of sp³-hybridized carbons (Fsp3) is 0.125. The highest BCUT2D eigenvalue weighted by Gasteiger charge is 2.15. The van der Waals surface area contributed by atoms with Gasteiger partial charge in [-0.1, -0.05) is 11.6 Å². The summed E-state index contributed by atoms with van der Waals surface area (Å²) < 4.78 is 4.40. The van der Waals surface area contributed by atoms with Crippen molar-refractivity contribution in [2.24, 2.45) is 0 Å². The topological polar surface area (TPSA) is 69.4 Å². The summed E-state index contributed by atoms with van der Waals surface area (Å²) in [5, 5.41) is 10.3. The van der Waals surface area contributed by atoms with Crippen molar-refractivity contribution in [3.63, 3.8) is 0 Å². The molecule has 0 unspecified atom stereocenters. The van der Waals surface area contributed by atoms with Crippen molar-refractivity contribution in [2.45, 2.75) is 0 Å². The summed E-state index contributed by atoms with van der Waals surface area (Å²) in [4.78, 5) is 20.7. The molecule has 6 heteroatoms. The summed E-state index contributed by atoms with van der Waals surface area (Å²) >= 11 is 5.62. The van der Waals surface area contributed by atoms with Gasteiger partial charge in [0.15, 0.2) is 0 Å². The predicted molar refractivity (Wildman–Crippen MR) is 48.3 cm³/mol. The molecule has 5 nitrogen and oxygen atoms in total. The molecule has 0 aliphatic carbocycles. The number of esters is 1. The van der Waals surface area contributed by atoms with Crippen LogP contribution in [0.1, 0.15) is 10.4 Å². The van der Waals surface area contributed by atoms with E-state index in [0.717, 1.165) is 12.1 Å². The third-order valence-electron chi connectivity index (χ3n) is 1.49. The van der Waals surface area contributed by atoms with Gasteiger partial charge in [0.25, 0.3) is 5.69 Å². The normalized spacial score (nSPS) is 9.57. The highest BCUT2D eigenvalue weighted by Crippen LogP contribution is 2.22. The van der Waals surface area contributed by atoms with Gasteiger partial charge in [0.05, 0.1) is 28.7 Å². The molecule has 1 aromatic carbocycles. The van der Waals surface area contributed by atoms with Crippen molar-refractivity contribution < 1.29 is 14.5 Å². The summed E-state index contributed by atoms with van der Waals surface area (Å²) in [6.45, 7) is 0. The Morgan fingerprint density at radius 2 is 2.36 bits per heavy atom. The standard InChI is InChI=1S/C8H5ClNO4/c1-14-8(11)6-3-2-5(10(12)13)4-7(6)9/h3-4H,1H3. The lowest BCUT2D eigenvalue weighted by atomic mass is 10.2. The molecule has 1 radical (unpaired) electrons. The van der Waals surface area contributed by atoms with Crippen molar-refractivity contribution in [2.75, 3.05) is 7.11 Å². The average Bonchev–Trinajstić information content (AvgIpc) is 2.16. The lowest BCUT2D eigenvalue weighted by Crippen LogP contribution is -2.02. The number of ether oxygens (including phenoxy) is 1. The van der Waals surface area contributed by atoms with E-state index in [1.165, 1.54) is 7.11 Å². The van der Waals surface area contributed by atoms with Gasteiger partial charge in [-0.3, -0.25) is 10.1 Å². The molecule has 0 aliphatic heterocycles. The number of benzene rings is 1. The molecule has 0 aromatic heterocycles. The minimum absolute atomic E-state index is 0.0256. The summed E-state index contributed by atoms with van der Waals surface area (Å²) in [6.07, 6.45) is 0. The first-order valence-corrected chi connectivity index (χ1v) is 3.88. The molecule has 0 heterocycles. The number of carbonyl (C=O) groups is 1. The van der Waals surface area contributed by atoms with Crippen LogP contribution in [0.2, 0.25) is 5.02 Å². The molecule has 0 atom stereocenters. The van der Waals surface area contributed by atoms with Crippen LogP contribution >= 0.6 is 11.6 Å². The first kappa shape index (κ1) is 10.5. The molecule has 0 spiro atoms. The number of methoxy groups -OCH3 is 1. The van der Waals surface area contributed by atoms with Crippen LogP contribution in [0.25, 0.3) is 0 Å². The van der Waals surface area contributed by atoms with E-state index < -0.39 is 10.9 Å². The van der Waals surface area contributed by atoms with E-state index in [4.69, 9.17) is 11.6 Å². The molecule has 0 bridgehead atoms. The lowest BCUT2D eigenvalue weighted by Gasteiger charge is -2.00. The second-order valence-electron chi connectivity index (χ2n) is 2.33. The first-order valence-electron chi connectivity index (χ1n) is 3.50. The number of carbonyl (C=O) groups excluding carboxylic acids is 1.